The smallest absolute Gasteiger partial charge is 0.410 e. The molecule has 3 fully saturated rings. The van der Waals surface area contributed by atoms with Crippen LogP contribution < -0.4 is 5.32 Å². The second-order valence-corrected chi connectivity index (χ2v) is 8.53. The molecule has 0 radical (unpaired) electrons. The van der Waals surface area contributed by atoms with Crippen molar-refractivity contribution in [2.75, 3.05) is 13.1 Å². The maximum absolute atomic E-state index is 12.1. The number of hydrogen-bond donors (Lipinski definition) is 2. The number of hydrogen-bond acceptors (Lipinski definition) is 4. The molecule has 1 aliphatic heterocycles. The Morgan fingerprint density at radius 1 is 1.22 bits per heavy atom. The summed E-state index contributed by atoms with van der Waals surface area (Å²) in [6.07, 6.45) is 4.68. The summed E-state index contributed by atoms with van der Waals surface area (Å²) < 4.78 is 5.38. The third-order valence-corrected chi connectivity index (χ3v) is 4.86. The van der Waals surface area contributed by atoms with E-state index in [9.17, 15) is 14.7 Å². The average molecular weight is 324 g/mol. The van der Waals surface area contributed by atoms with Crippen LogP contribution in [0.15, 0.2) is 0 Å². The minimum Gasteiger partial charge on any atom is -0.481 e. The van der Waals surface area contributed by atoms with Gasteiger partial charge in [0.25, 0.3) is 0 Å². The summed E-state index contributed by atoms with van der Waals surface area (Å²) in [5.41, 5.74) is -1.02. The minimum absolute atomic E-state index is 0.0578. The zero-order chi connectivity index (χ0) is 16.8. The number of carboxylic acid groups (broad SMARTS) is 1. The molecule has 1 amide bonds. The fraction of sp³-hybridized carbons (Fsp3) is 0.882. The highest BCUT2D eigenvalue weighted by molar-refractivity contribution is 5.73. The van der Waals surface area contributed by atoms with Crippen molar-refractivity contribution in [3.05, 3.63) is 0 Å². The van der Waals surface area contributed by atoms with Crippen molar-refractivity contribution in [1.82, 2.24) is 10.2 Å². The zero-order valence-electron chi connectivity index (χ0n) is 14.3. The van der Waals surface area contributed by atoms with E-state index in [0.717, 1.165) is 0 Å². The van der Waals surface area contributed by atoms with E-state index in [0.29, 0.717) is 31.0 Å². The van der Waals surface area contributed by atoms with Crippen LogP contribution in [-0.2, 0) is 9.53 Å². The van der Waals surface area contributed by atoms with Gasteiger partial charge in [0.1, 0.15) is 5.60 Å². The van der Waals surface area contributed by atoms with E-state index < -0.39 is 17.1 Å². The SMILES string of the molecule is CC(C)(C)OC(=O)N1CC(CC(=O)O)(NC(C2CC2)C2CC2)C1. The fourth-order valence-corrected chi connectivity index (χ4v) is 3.57. The highest BCUT2D eigenvalue weighted by atomic mass is 16.6. The molecule has 0 bridgehead atoms. The summed E-state index contributed by atoms with van der Waals surface area (Å²) in [7, 11) is 0. The van der Waals surface area contributed by atoms with E-state index in [1.807, 2.05) is 20.8 Å². The van der Waals surface area contributed by atoms with Crippen molar-refractivity contribution in [3.8, 4) is 0 Å². The van der Waals surface area contributed by atoms with E-state index >= 15 is 0 Å². The van der Waals surface area contributed by atoms with Gasteiger partial charge in [0.15, 0.2) is 0 Å². The second kappa shape index (κ2) is 5.65. The van der Waals surface area contributed by atoms with Crippen LogP contribution in [-0.4, -0.2) is 52.3 Å². The first-order chi connectivity index (χ1) is 10.7. The predicted molar refractivity (Wildman–Crippen MR) is 85.2 cm³/mol. The second-order valence-electron chi connectivity index (χ2n) is 8.53. The molecule has 0 unspecified atom stereocenters. The highest BCUT2D eigenvalue weighted by Gasteiger charge is 2.52. The molecule has 130 valence electrons. The number of rotatable bonds is 6. The Labute approximate surface area is 137 Å². The van der Waals surface area contributed by atoms with E-state index in [-0.39, 0.29) is 12.5 Å². The van der Waals surface area contributed by atoms with Crippen molar-refractivity contribution in [2.24, 2.45) is 11.8 Å². The van der Waals surface area contributed by atoms with Gasteiger partial charge in [-0.25, -0.2) is 4.79 Å². The highest BCUT2D eigenvalue weighted by Crippen LogP contribution is 2.46. The summed E-state index contributed by atoms with van der Waals surface area (Å²) >= 11 is 0. The van der Waals surface area contributed by atoms with Crippen molar-refractivity contribution >= 4 is 12.1 Å². The van der Waals surface area contributed by atoms with Crippen LogP contribution in [0.3, 0.4) is 0 Å². The topological polar surface area (TPSA) is 78.9 Å². The van der Waals surface area contributed by atoms with Crippen LogP contribution in [0.1, 0.15) is 52.9 Å². The summed E-state index contributed by atoms with van der Waals surface area (Å²) in [6.45, 7) is 6.35. The molecule has 2 aliphatic carbocycles. The molecule has 0 spiro atoms. The number of amides is 1. The molecule has 6 heteroatoms. The Morgan fingerprint density at radius 2 is 1.74 bits per heavy atom. The molecule has 0 atom stereocenters. The van der Waals surface area contributed by atoms with Crippen LogP contribution in [0.25, 0.3) is 0 Å². The van der Waals surface area contributed by atoms with Crippen LogP contribution in [0.2, 0.25) is 0 Å². The Morgan fingerprint density at radius 3 is 2.13 bits per heavy atom. The Bertz CT molecular complexity index is 473. The van der Waals surface area contributed by atoms with Gasteiger partial charge in [-0.3, -0.25) is 4.79 Å². The van der Waals surface area contributed by atoms with Crippen molar-refractivity contribution in [1.29, 1.82) is 0 Å². The van der Waals surface area contributed by atoms with Gasteiger partial charge in [-0.05, 0) is 58.3 Å². The first-order valence-corrected chi connectivity index (χ1v) is 8.65. The summed E-state index contributed by atoms with van der Waals surface area (Å²) in [5.74, 6) is 0.583. The maximum atomic E-state index is 12.1. The minimum atomic E-state index is -0.813. The lowest BCUT2D eigenvalue weighted by Crippen LogP contribution is -2.73. The van der Waals surface area contributed by atoms with Crippen molar-refractivity contribution in [2.45, 2.75) is 70.1 Å². The lowest BCUT2D eigenvalue weighted by Gasteiger charge is -2.51. The molecule has 2 N–H and O–H groups in total. The summed E-state index contributed by atoms with van der Waals surface area (Å²) in [5, 5.41) is 12.9. The number of carbonyl (C=O) groups excluding carboxylic acids is 1. The first-order valence-electron chi connectivity index (χ1n) is 8.65. The molecule has 3 rings (SSSR count). The maximum Gasteiger partial charge on any atom is 0.410 e. The quantitative estimate of drug-likeness (QED) is 0.783. The lowest BCUT2D eigenvalue weighted by molar-refractivity contribution is -0.141. The largest absolute Gasteiger partial charge is 0.481 e. The number of carboxylic acids is 1. The molecular weight excluding hydrogens is 296 g/mol. The third-order valence-electron chi connectivity index (χ3n) is 4.86. The van der Waals surface area contributed by atoms with Crippen LogP contribution in [0, 0.1) is 11.8 Å². The molecule has 6 nitrogen and oxygen atoms in total. The van der Waals surface area contributed by atoms with Gasteiger partial charge >= 0.3 is 12.1 Å². The summed E-state index contributed by atoms with van der Waals surface area (Å²) in [4.78, 5) is 25.0. The molecule has 0 aromatic rings. The fourth-order valence-electron chi connectivity index (χ4n) is 3.57. The Hall–Kier alpha value is -1.30. The molecule has 1 saturated heterocycles. The number of nitrogens with one attached hydrogen (secondary N) is 1. The number of aliphatic carboxylic acids is 1. The van der Waals surface area contributed by atoms with Gasteiger partial charge in [-0.1, -0.05) is 0 Å². The molecular formula is C17H28N2O4. The van der Waals surface area contributed by atoms with Crippen LogP contribution in [0.5, 0.6) is 0 Å². The molecule has 23 heavy (non-hydrogen) atoms. The van der Waals surface area contributed by atoms with Gasteiger partial charge in [0.05, 0.1) is 12.0 Å². The standard InChI is InChI=1S/C17H28N2O4/c1-16(2,3)23-15(22)19-9-17(10-19,8-13(20)21)18-14(11-4-5-11)12-6-7-12/h11-12,14,18H,4-10H2,1-3H3,(H,20,21). The number of ether oxygens (including phenoxy) is 1. The monoisotopic (exact) mass is 324 g/mol. The lowest BCUT2D eigenvalue weighted by atomic mass is 9.84. The van der Waals surface area contributed by atoms with E-state index in [1.165, 1.54) is 25.7 Å². The molecule has 1 heterocycles. The number of nitrogens with zero attached hydrogens (tertiary/aromatic N) is 1. The average Bonchev–Trinajstić information content (AvgIpc) is 3.22. The first kappa shape index (κ1) is 16.6. The molecule has 0 aromatic heterocycles. The number of carbonyl (C=O) groups is 2. The Balaban J connectivity index is 1.61. The Kier molecular flexibility index (Phi) is 4.07. The number of likely N-dealkylation sites (tertiary alicyclic amines) is 1. The van der Waals surface area contributed by atoms with Gasteiger partial charge in [-0.2, -0.15) is 0 Å². The molecule has 3 aliphatic rings. The predicted octanol–water partition coefficient (Wildman–Crippen LogP) is 2.23. The molecule has 0 aromatic carbocycles. The van der Waals surface area contributed by atoms with Crippen LogP contribution >= 0.6 is 0 Å². The van der Waals surface area contributed by atoms with Gasteiger partial charge in [-0.15, -0.1) is 0 Å². The molecule has 2 saturated carbocycles. The zero-order valence-corrected chi connectivity index (χ0v) is 14.3. The van der Waals surface area contributed by atoms with Gasteiger partial charge in [0, 0.05) is 19.1 Å². The van der Waals surface area contributed by atoms with Gasteiger partial charge < -0.3 is 20.1 Å². The summed E-state index contributed by atoms with van der Waals surface area (Å²) in [6, 6.07) is 0.426. The van der Waals surface area contributed by atoms with Crippen LogP contribution in [0.4, 0.5) is 4.79 Å². The van der Waals surface area contributed by atoms with E-state index in [2.05, 4.69) is 5.32 Å². The van der Waals surface area contributed by atoms with Gasteiger partial charge in [0.2, 0.25) is 0 Å². The normalized spacial score (nSPS) is 23.6. The van der Waals surface area contributed by atoms with Crippen molar-refractivity contribution in [3.63, 3.8) is 0 Å². The third kappa shape index (κ3) is 4.16. The van der Waals surface area contributed by atoms with E-state index in [1.54, 1.807) is 4.90 Å². The van der Waals surface area contributed by atoms with E-state index in [4.69, 9.17) is 4.74 Å². The van der Waals surface area contributed by atoms with Crippen molar-refractivity contribution < 1.29 is 19.4 Å².